The van der Waals surface area contributed by atoms with Gasteiger partial charge in [-0.15, -0.1) is 0 Å². The molecule has 0 saturated carbocycles. The van der Waals surface area contributed by atoms with Crippen LogP contribution in [0, 0.1) is 10.1 Å². The molecule has 1 aliphatic carbocycles. The van der Waals surface area contributed by atoms with E-state index in [0.717, 1.165) is 12.8 Å². The molecule has 1 atom stereocenters. The van der Waals surface area contributed by atoms with Crippen molar-refractivity contribution in [2.75, 3.05) is 5.32 Å². The molecule has 3 rings (SSSR count). The Morgan fingerprint density at radius 2 is 1.96 bits per heavy atom. The van der Waals surface area contributed by atoms with Crippen molar-refractivity contribution in [1.82, 2.24) is 0 Å². The van der Waals surface area contributed by atoms with Gasteiger partial charge in [0.05, 0.1) is 15.6 Å². The fourth-order valence-electron chi connectivity index (χ4n) is 3.21. The molecule has 142 valence electrons. The molecule has 2 aromatic rings. The maximum absolute atomic E-state index is 12.6. The molecule has 7 heteroatoms. The number of hydrogen-bond donors (Lipinski definition) is 1. The summed E-state index contributed by atoms with van der Waals surface area (Å²) in [6.45, 7) is 1.84. The zero-order valence-corrected chi connectivity index (χ0v) is 15.8. The van der Waals surface area contributed by atoms with Gasteiger partial charge in [-0.1, -0.05) is 24.6 Å². The Bertz CT molecular complexity index is 869. The first kappa shape index (κ1) is 19.2. The lowest BCUT2D eigenvalue weighted by atomic mass is 9.92. The second-order valence-electron chi connectivity index (χ2n) is 6.56. The summed E-state index contributed by atoms with van der Waals surface area (Å²) in [5, 5.41) is 13.8. The molecule has 0 bridgehead atoms. The summed E-state index contributed by atoms with van der Waals surface area (Å²) in [6, 6.07) is 9.88. The highest BCUT2D eigenvalue weighted by molar-refractivity contribution is 6.33. The number of aryl methyl sites for hydroxylation is 2. The Morgan fingerprint density at radius 1 is 1.22 bits per heavy atom. The number of nitro groups is 1. The third-order valence-corrected chi connectivity index (χ3v) is 5.01. The Kier molecular flexibility index (Phi) is 5.96. The fraction of sp³-hybridized carbons (Fsp3) is 0.350. The molecule has 0 heterocycles. The van der Waals surface area contributed by atoms with E-state index < -0.39 is 16.9 Å². The Hall–Kier alpha value is -2.60. The van der Waals surface area contributed by atoms with Crippen molar-refractivity contribution < 1.29 is 14.5 Å². The molecule has 2 aromatic carbocycles. The van der Waals surface area contributed by atoms with Crippen molar-refractivity contribution in [3.05, 3.63) is 62.7 Å². The van der Waals surface area contributed by atoms with Gasteiger partial charge in [-0.3, -0.25) is 14.9 Å². The van der Waals surface area contributed by atoms with E-state index in [9.17, 15) is 14.9 Å². The predicted molar refractivity (Wildman–Crippen MR) is 105 cm³/mol. The summed E-state index contributed by atoms with van der Waals surface area (Å²) in [6.07, 6.45) is 4.21. The standard InChI is InChI=1S/C20H21ClN2O4/c1-2-19(27-16-9-7-13-5-3-4-6-14(13)11-16)20(24)22-18-12-15(23(25)26)8-10-17(18)21/h7-12,19H,2-6H2,1H3,(H,22,24)/t19-/m1/s1. The van der Waals surface area contributed by atoms with E-state index in [-0.39, 0.29) is 16.4 Å². The van der Waals surface area contributed by atoms with Crippen molar-refractivity contribution in [1.29, 1.82) is 0 Å². The maximum Gasteiger partial charge on any atom is 0.271 e. The van der Waals surface area contributed by atoms with Crippen LogP contribution in [0.5, 0.6) is 5.75 Å². The average Bonchev–Trinajstić information content (AvgIpc) is 2.67. The minimum Gasteiger partial charge on any atom is -0.481 e. The zero-order chi connectivity index (χ0) is 19.4. The van der Waals surface area contributed by atoms with Crippen LogP contribution < -0.4 is 10.1 Å². The van der Waals surface area contributed by atoms with Gasteiger partial charge in [0.2, 0.25) is 0 Å². The van der Waals surface area contributed by atoms with Gasteiger partial charge >= 0.3 is 0 Å². The topological polar surface area (TPSA) is 81.5 Å². The highest BCUT2D eigenvalue weighted by Gasteiger charge is 2.21. The molecule has 1 aliphatic rings. The molecule has 0 unspecified atom stereocenters. The van der Waals surface area contributed by atoms with Crippen LogP contribution in [0.3, 0.4) is 0 Å². The number of nitro benzene ring substituents is 1. The van der Waals surface area contributed by atoms with Crippen LogP contribution in [0.1, 0.15) is 37.3 Å². The van der Waals surface area contributed by atoms with Crippen molar-refractivity contribution >= 4 is 28.9 Å². The number of nitrogens with one attached hydrogen (secondary N) is 1. The molecule has 0 fully saturated rings. The second-order valence-corrected chi connectivity index (χ2v) is 6.97. The van der Waals surface area contributed by atoms with Crippen molar-refractivity contribution in [3.8, 4) is 5.75 Å². The largest absolute Gasteiger partial charge is 0.481 e. The number of nitrogens with zero attached hydrogens (tertiary/aromatic N) is 1. The van der Waals surface area contributed by atoms with Crippen molar-refractivity contribution in [3.63, 3.8) is 0 Å². The van der Waals surface area contributed by atoms with E-state index in [1.807, 2.05) is 19.1 Å². The van der Waals surface area contributed by atoms with Gasteiger partial charge in [0.25, 0.3) is 11.6 Å². The molecule has 0 radical (unpaired) electrons. The summed E-state index contributed by atoms with van der Waals surface area (Å²) in [7, 11) is 0. The average molecular weight is 389 g/mol. The predicted octanol–water partition coefficient (Wildman–Crippen LogP) is 4.92. The van der Waals surface area contributed by atoms with E-state index in [2.05, 4.69) is 11.4 Å². The number of amides is 1. The smallest absolute Gasteiger partial charge is 0.271 e. The lowest BCUT2D eigenvalue weighted by Gasteiger charge is -2.20. The Balaban J connectivity index is 1.73. The number of halogens is 1. The molecule has 0 spiro atoms. The van der Waals surface area contributed by atoms with E-state index in [4.69, 9.17) is 16.3 Å². The van der Waals surface area contributed by atoms with Crippen LogP contribution in [0.4, 0.5) is 11.4 Å². The van der Waals surface area contributed by atoms with Gasteiger partial charge < -0.3 is 10.1 Å². The van der Waals surface area contributed by atoms with Gasteiger partial charge in [-0.25, -0.2) is 0 Å². The fourth-order valence-corrected chi connectivity index (χ4v) is 3.37. The normalized spacial score (nSPS) is 14.1. The van der Waals surface area contributed by atoms with Gasteiger partial charge in [0.1, 0.15) is 5.75 Å². The molecule has 1 amide bonds. The van der Waals surface area contributed by atoms with Gasteiger partial charge in [0.15, 0.2) is 6.10 Å². The first-order valence-electron chi connectivity index (χ1n) is 9.01. The lowest BCUT2D eigenvalue weighted by molar-refractivity contribution is -0.384. The number of fused-ring (bicyclic) bond motifs is 1. The molecule has 0 saturated heterocycles. The lowest BCUT2D eigenvalue weighted by Crippen LogP contribution is -2.32. The highest BCUT2D eigenvalue weighted by atomic mass is 35.5. The number of rotatable bonds is 6. The van der Waals surface area contributed by atoms with E-state index in [1.54, 1.807) is 0 Å². The summed E-state index contributed by atoms with van der Waals surface area (Å²) in [5.41, 5.74) is 2.67. The molecular weight excluding hydrogens is 368 g/mol. The Morgan fingerprint density at radius 3 is 2.67 bits per heavy atom. The number of hydrogen-bond acceptors (Lipinski definition) is 4. The van der Waals surface area contributed by atoms with Crippen LogP contribution in [-0.2, 0) is 17.6 Å². The summed E-state index contributed by atoms with van der Waals surface area (Å²) in [4.78, 5) is 23.0. The monoisotopic (exact) mass is 388 g/mol. The van der Waals surface area contributed by atoms with Crippen LogP contribution in [-0.4, -0.2) is 16.9 Å². The number of ether oxygens (including phenoxy) is 1. The Labute approximate surface area is 162 Å². The minimum atomic E-state index is -0.720. The minimum absolute atomic E-state index is 0.140. The number of non-ortho nitro benzene ring substituents is 1. The first-order chi connectivity index (χ1) is 13.0. The summed E-state index contributed by atoms with van der Waals surface area (Å²) < 4.78 is 5.89. The molecule has 27 heavy (non-hydrogen) atoms. The van der Waals surface area contributed by atoms with E-state index in [0.29, 0.717) is 12.2 Å². The molecule has 1 N–H and O–H groups in total. The van der Waals surface area contributed by atoms with Gasteiger partial charge in [0, 0.05) is 12.1 Å². The molecule has 0 aliphatic heterocycles. The van der Waals surface area contributed by atoms with Crippen LogP contribution in [0.25, 0.3) is 0 Å². The van der Waals surface area contributed by atoms with Crippen LogP contribution >= 0.6 is 11.6 Å². The quantitative estimate of drug-likeness (QED) is 0.562. The SMILES string of the molecule is CC[C@@H](Oc1ccc2c(c1)CCCC2)C(=O)Nc1cc([N+](=O)[O-])ccc1Cl. The summed E-state index contributed by atoms with van der Waals surface area (Å²) >= 11 is 6.05. The first-order valence-corrected chi connectivity index (χ1v) is 9.39. The van der Waals surface area contributed by atoms with Crippen molar-refractivity contribution in [2.24, 2.45) is 0 Å². The molecular formula is C20H21ClN2O4. The second kappa shape index (κ2) is 8.39. The number of benzene rings is 2. The third kappa shape index (κ3) is 4.57. The maximum atomic E-state index is 12.6. The van der Waals surface area contributed by atoms with Crippen LogP contribution in [0.15, 0.2) is 36.4 Å². The number of anilines is 1. The van der Waals surface area contributed by atoms with E-state index >= 15 is 0 Å². The highest BCUT2D eigenvalue weighted by Crippen LogP contribution is 2.28. The van der Waals surface area contributed by atoms with Gasteiger partial charge in [-0.05, 0) is 61.4 Å². The van der Waals surface area contributed by atoms with Gasteiger partial charge in [-0.2, -0.15) is 0 Å². The van der Waals surface area contributed by atoms with Crippen LogP contribution in [0.2, 0.25) is 5.02 Å². The zero-order valence-electron chi connectivity index (χ0n) is 15.0. The van der Waals surface area contributed by atoms with E-state index in [1.165, 1.54) is 42.2 Å². The summed E-state index contributed by atoms with van der Waals surface area (Å²) in [5.74, 6) is 0.264. The third-order valence-electron chi connectivity index (χ3n) is 4.68. The molecule has 6 nitrogen and oxygen atoms in total. The van der Waals surface area contributed by atoms with Crippen molar-refractivity contribution in [2.45, 2.75) is 45.1 Å². The number of carbonyl (C=O) groups excluding carboxylic acids is 1. The molecule has 0 aromatic heterocycles. The number of carbonyl (C=O) groups is 1.